The number of hydrogen-bond acceptors (Lipinski definition) is 6. The Morgan fingerprint density at radius 1 is 1.03 bits per heavy atom. The Bertz CT molecular complexity index is 1140. The largest absolute Gasteiger partial charge is 0.454 e. The number of carbonyl (C=O) groups excluding carboxylic acids is 2. The molecule has 0 aromatic heterocycles. The molecule has 3 heterocycles. The van der Waals surface area contributed by atoms with E-state index in [2.05, 4.69) is 6.92 Å². The number of nitrogens with zero attached hydrogens (tertiary/aromatic N) is 2. The van der Waals surface area contributed by atoms with Crippen molar-refractivity contribution >= 4 is 51.4 Å². The normalized spacial score (nSPS) is 19.6. The quantitative estimate of drug-likeness (QED) is 0.497. The first-order chi connectivity index (χ1) is 15.1. The Hall–Kier alpha value is -2.84. The molecule has 31 heavy (non-hydrogen) atoms. The molecule has 1 saturated heterocycles. The minimum atomic E-state index is -0.233. The number of anilines is 1. The topological polar surface area (TPSA) is 59.1 Å². The lowest BCUT2D eigenvalue weighted by atomic mass is 10.1. The number of ether oxygens (including phenoxy) is 2. The summed E-state index contributed by atoms with van der Waals surface area (Å²) in [6, 6.07) is 13.2. The number of benzene rings is 2. The number of amides is 2. The summed E-state index contributed by atoms with van der Waals surface area (Å²) in [5.41, 5.74) is 3.00. The number of thiocarbonyl (C=S) groups is 1. The second-order valence-corrected chi connectivity index (χ2v) is 9.12. The number of carbonyl (C=O) groups is 2. The molecule has 8 heteroatoms. The third-order valence-corrected chi connectivity index (χ3v) is 6.96. The van der Waals surface area contributed by atoms with E-state index < -0.39 is 0 Å². The molecule has 3 aliphatic rings. The molecule has 0 saturated carbocycles. The molecule has 0 bridgehead atoms. The molecule has 0 radical (unpaired) electrons. The molecule has 3 aliphatic heterocycles. The minimum Gasteiger partial charge on any atom is -0.454 e. The van der Waals surface area contributed by atoms with Gasteiger partial charge in [0, 0.05) is 12.1 Å². The fourth-order valence-corrected chi connectivity index (χ4v) is 5.27. The van der Waals surface area contributed by atoms with E-state index in [1.807, 2.05) is 42.5 Å². The van der Waals surface area contributed by atoms with E-state index in [9.17, 15) is 9.59 Å². The lowest BCUT2D eigenvalue weighted by Crippen LogP contribution is -2.29. The maximum atomic E-state index is 13.4. The van der Waals surface area contributed by atoms with Gasteiger partial charge in [-0.15, -0.1) is 0 Å². The van der Waals surface area contributed by atoms with Gasteiger partial charge in [-0.3, -0.25) is 14.5 Å². The standard InChI is InChI=1S/C23H20N2O4S2/c1-2-3-10-24-16-7-5-4-6-15(16)19(21(24)26)20-22(27)25(23(30)31-20)12-14-8-9-17-18(11-14)29-13-28-17/h4-9,11H,2-3,10,12-13H2,1H3. The molecule has 0 atom stereocenters. The van der Waals surface area contributed by atoms with Gasteiger partial charge in [0.2, 0.25) is 6.79 Å². The zero-order chi connectivity index (χ0) is 21.5. The molecule has 5 rings (SSSR count). The lowest BCUT2D eigenvalue weighted by molar-refractivity contribution is -0.122. The summed E-state index contributed by atoms with van der Waals surface area (Å²) < 4.78 is 11.2. The van der Waals surface area contributed by atoms with Gasteiger partial charge in [-0.05, 0) is 30.2 Å². The maximum absolute atomic E-state index is 13.4. The molecule has 2 aromatic rings. The van der Waals surface area contributed by atoms with E-state index in [-0.39, 0.29) is 18.6 Å². The van der Waals surface area contributed by atoms with Gasteiger partial charge >= 0.3 is 0 Å². The van der Waals surface area contributed by atoms with Crippen LogP contribution in [0.25, 0.3) is 5.57 Å². The predicted molar refractivity (Wildman–Crippen MR) is 124 cm³/mol. The number of fused-ring (bicyclic) bond motifs is 2. The van der Waals surface area contributed by atoms with Crippen molar-refractivity contribution in [3.63, 3.8) is 0 Å². The SMILES string of the molecule is CCCCN1C(=O)C(=C2SC(=S)N(Cc3ccc4c(c3)OCO4)C2=O)c2ccccc21. The van der Waals surface area contributed by atoms with Crippen LogP contribution in [0.3, 0.4) is 0 Å². The minimum absolute atomic E-state index is 0.127. The summed E-state index contributed by atoms with van der Waals surface area (Å²) in [5, 5.41) is 0. The molecule has 0 spiro atoms. The fraction of sp³-hybridized carbons (Fsp3) is 0.261. The van der Waals surface area contributed by atoms with Gasteiger partial charge in [0.1, 0.15) is 4.32 Å². The zero-order valence-electron chi connectivity index (χ0n) is 16.9. The summed E-state index contributed by atoms with van der Waals surface area (Å²) in [6.07, 6.45) is 1.89. The van der Waals surface area contributed by atoms with Crippen LogP contribution in [0.4, 0.5) is 5.69 Å². The van der Waals surface area contributed by atoms with Crippen LogP contribution in [-0.2, 0) is 16.1 Å². The first-order valence-corrected chi connectivity index (χ1v) is 11.4. The van der Waals surface area contributed by atoms with Crippen LogP contribution in [0.5, 0.6) is 11.5 Å². The summed E-state index contributed by atoms with van der Waals surface area (Å²) in [5.74, 6) is 0.991. The predicted octanol–water partition coefficient (Wildman–Crippen LogP) is 4.33. The summed E-state index contributed by atoms with van der Waals surface area (Å²) in [6.45, 7) is 3.23. The van der Waals surface area contributed by atoms with Gasteiger partial charge in [0.25, 0.3) is 11.8 Å². The van der Waals surface area contributed by atoms with Crippen molar-refractivity contribution in [1.29, 1.82) is 0 Å². The molecule has 2 aromatic carbocycles. The highest BCUT2D eigenvalue weighted by Crippen LogP contribution is 2.45. The number of thioether (sulfide) groups is 1. The average Bonchev–Trinajstić information content (AvgIpc) is 3.42. The van der Waals surface area contributed by atoms with Crippen molar-refractivity contribution in [3.05, 3.63) is 58.5 Å². The van der Waals surface area contributed by atoms with Crippen molar-refractivity contribution < 1.29 is 19.1 Å². The zero-order valence-corrected chi connectivity index (χ0v) is 18.6. The van der Waals surface area contributed by atoms with Gasteiger partial charge in [-0.25, -0.2) is 0 Å². The first-order valence-electron chi connectivity index (χ1n) is 10.2. The summed E-state index contributed by atoms with van der Waals surface area (Å²) >= 11 is 6.72. The number of rotatable bonds is 5. The molecule has 6 nitrogen and oxygen atoms in total. The summed E-state index contributed by atoms with van der Waals surface area (Å²) in [7, 11) is 0. The number of hydrogen-bond donors (Lipinski definition) is 0. The van der Waals surface area contributed by atoms with Crippen LogP contribution in [-0.4, -0.2) is 34.4 Å². The molecular formula is C23H20N2O4S2. The smallest absolute Gasteiger partial charge is 0.267 e. The maximum Gasteiger partial charge on any atom is 0.267 e. The molecule has 158 valence electrons. The van der Waals surface area contributed by atoms with Crippen molar-refractivity contribution in [3.8, 4) is 11.5 Å². The monoisotopic (exact) mass is 452 g/mol. The highest BCUT2D eigenvalue weighted by Gasteiger charge is 2.41. The van der Waals surface area contributed by atoms with Gasteiger partial charge in [-0.2, -0.15) is 0 Å². The highest BCUT2D eigenvalue weighted by atomic mass is 32.2. The van der Waals surface area contributed by atoms with Crippen LogP contribution in [0.15, 0.2) is 47.4 Å². The molecule has 0 N–H and O–H groups in total. The number of unbranched alkanes of at least 4 members (excludes halogenated alkanes) is 1. The first kappa shape index (κ1) is 20.1. The van der Waals surface area contributed by atoms with Crippen LogP contribution in [0.1, 0.15) is 30.9 Å². The van der Waals surface area contributed by atoms with E-state index >= 15 is 0 Å². The van der Waals surface area contributed by atoms with Crippen molar-refractivity contribution in [1.82, 2.24) is 4.90 Å². The Kier molecular flexibility index (Phi) is 5.19. The van der Waals surface area contributed by atoms with Gasteiger partial charge < -0.3 is 14.4 Å². The average molecular weight is 453 g/mol. The van der Waals surface area contributed by atoms with E-state index in [0.29, 0.717) is 39.4 Å². The molecule has 2 amide bonds. The van der Waals surface area contributed by atoms with Gasteiger partial charge in [-0.1, -0.05) is 61.6 Å². The number of para-hydroxylation sites is 1. The lowest BCUT2D eigenvalue weighted by Gasteiger charge is -2.16. The highest BCUT2D eigenvalue weighted by molar-refractivity contribution is 8.26. The third-order valence-electron chi connectivity index (χ3n) is 5.51. The van der Waals surface area contributed by atoms with Crippen LogP contribution in [0, 0.1) is 0 Å². The van der Waals surface area contributed by atoms with E-state index in [0.717, 1.165) is 29.7 Å². The second-order valence-electron chi connectivity index (χ2n) is 7.48. The van der Waals surface area contributed by atoms with Crippen molar-refractivity contribution in [2.75, 3.05) is 18.2 Å². The summed E-state index contributed by atoms with van der Waals surface area (Å²) in [4.78, 5) is 30.4. The van der Waals surface area contributed by atoms with Gasteiger partial charge in [0.05, 0.1) is 22.7 Å². The fourth-order valence-electron chi connectivity index (χ4n) is 3.95. The van der Waals surface area contributed by atoms with E-state index in [1.165, 1.54) is 11.8 Å². The Morgan fingerprint density at radius 2 is 1.84 bits per heavy atom. The van der Waals surface area contributed by atoms with Crippen LogP contribution < -0.4 is 14.4 Å². The van der Waals surface area contributed by atoms with E-state index in [4.69, 9.17) is 21.7 Å². The van der Waals surface area contributed by atoms with Gasteiger partial charge in [0.15, 0.2) is 11.5 Å². The van der Waals surface area contributed by atoms with Crippen molar-refractivity contribution in [2.24, 2.45) is 0 Å². The molecule has 1 fully saturated rings. The van der Waals surface area contributed by atoms with Crippen LogP contribution in [0.2, 0.25) is 0 Å². The van der Waals surface area contributed by atoms with E-state index in [1.54, 1.807) is 9.80 Å². The Morgan fingerprint density at radius 3 is 2.68 bits per heavy atom. The Labute approximate surface area is 189 Å². The molecule has 0 aliphatic carbocycles. The van der Waals surface area contributed by atoms with Crippen LogP contribution >= 0.6 is 24.0 Å². The second kappa shape index (κ2) is 8.01. The molecular weight excluding hydrogens is 432 g/mol. The molecule has 0 unspecified atom stereocenters. The van der Waals surface area contributed by atoms with Crippen molar-refractivity contribution in [2.45, 2.75) is 26.3 Å². The third kappa shape index (κ3) is 3.40. The Balaban J connectivity index is 1.47.